The summed E-state index contributed by atoms with van der Waals surface area (Å²) in [6, 6.07) is 15.8. The third kappa shape index (κ3) is 12.5. The van der Waals surface area contributed by atoms with Crippen molar-refractivity contribution in [3.63, 3.8) is 0 Å². The van der Waals surface area contributed by atoms with Gasteiger partial charge in [-0.1, -0.05) is 147 Å². The largest absolute Gasteiger partial charge is 0.504 e. The number of benzene rings is 2. The molecule has 1 atom stereocenters. The van der Waals surface area contributed by atoms with E-state index in [2.05, 4.69) is 32.0 Å². The van der Waals surface area contributed by atoms with Crippen molar-refractivity contribution in [2.75, 3.05) is 0 Å². The highest BCUT2D eigenvalue weighted by molar-refractivity contribution is 5.45. The average molecular weight is 481 g/mol. The van der Waals surface area contributed by atoms with Crippen molar-refractivity contribution in [1.82, 2.24) is 0 Å². The molecule has 0 aromatic heterocycles. The molecule has 0 aliphatic carbocycles. The van der Waals surface area contributed by atoms with Crippen LogP contribution in [0.2, 0.25) is 0 Å². The Morgan fingerprint density at radius 2 is 0.971 bits per heavy atom. The van der Waals surface area contributed by atoms with Gasteiger partial charge in [0.2, 0.25) is 0 Å². The van der Waals surface area contributed by atoms with Crippen molar-refractivity contribution < 1.29 is 9.84 Å². The monoisotopic (exact) mass is 480 g/mol. The van der Waals surface area contributed by atoms with Crippen LogP contribution in [0, 0.1) is 0 Å². The third-order valence-corrected chi connectivity index (χ3v) is 7.26. The molecule has 0 spiro atoms. The molecule has 196 valence electrons. The molecule has 0 aliphatic heterocycles. The minimum atomic E-state index is 0.199. The minimum absolute atomic E-state index is 0.199. The minimum Gasteiger partial charge on any atom is -0.504 e. The summed E-state index contributed by atoms with van der Waals surface area (Å²) in [7, 11) is 0. The fourth-order valence-corrected chi connectivity index (χ4v) is 5.08. The molecule has 2 rings (SSSR count). The van der Waals surface area contributed by atoms with E-state index in [1.54, 1.807) is 6.07 Å². The van der Waals surface area contributed by atoms with Crippen LogP contribution in [0.4, 0.5) is 0 Å². The smallest absolute Gasteiger partial charge is 0.169 e. The van der Waals surface area contributed by atoms with Gasteiger partial charge in [-0.2, -0.15) is 0 Å². The number of hydrogen-bond acceptors (Lipinski definition) is 2. The van der Waals surface area contributed by atoms with Gasteiger partial charge in [-0.25, -0.2) is 0 Å². The summed E-state index contributed by atoms with van der Waals surface area (Å²) in [6.45, 7) is 4.57. The van der Waals surface area contributed by atoms with Crippen LogP contribution in [0.5, 0.6) is 17.2 Å². The number of phenols is 1. The Bertz CT molecular complexity index is 769. The molecule has 35 heavy (non-hydrogen) atoms. The SMILES string of the molecule is CCCCCCCCCCCC(CCCCCCCCC)c1ccccc1Oc1ccccc1O. The molecule has 1 unspecified atom stereocenters. The molecule has 2 nitrogen and oxygen atoms in total. The Labute approximate surface area is 216 Å². The van der Waals surface area contributed by atoms with Gasteiger partial charge in [-0.05, 0) is 42.5 Å². The number of ether oxygens (including phenoxy) is 1. The zero-order valence-electron chi connectivity index (χ0n) is 22.8. The first-order valence-corrected chi connectivity index (χ1v) is 14.8. The second-order valence-corrected chi connectivity index (χ2v) is 10.3. The Balaban J connectivity index is 1.91. The summed E-state index contributed by atoms with van der Waals surface area (Å²) >= 11 is 0. The topological polar surface area (TPSA) is 29.5 Å². The van der Waals surface area contributed by atoms with Gasteiger partial charge in [-0.3, -0.25) is 0 Å². The van der Waals surface area contributed by atoms with Gasteiger partial charge in [-0.15, -0.1) is 0 Å². The predicted molar refractivity (Wildman–Crippen MR) is 152 cm³/mol. The molecule has 1 N–H and O–H groups in total. The van der Waals surface area contributed by atoms with Crippen LogP contribution in [-0.4, -0.2) is 5.11 Å². The van der Waals surface area contributed by atoms with E-state index in [0.717, 1.165) is 5.75 Å². The lowest BCUT2D eigenvalue weighted by Crippen LogP contribution is -2.02. The average Bonchev–Trinajstić information content (AvgIpc) is 2.88. The molecule has 2 heteroatoms. The van der Waals surface area contributed by atoms with Crippen LogP contribution in [0.1, 0.15) is 141 Å². The van der Waals surface area contributed by atoms with Crippen molar-refractivity contribution in [2.24, 2.45) is 0 Å². The molecular formula is C33H52O2. The van der Waals surface area contributed by atoms with Crippen LogP contribution in [0.3, 0.4) is 0 Å². The Morgan fingerprint density at radius 1 is 0.543 bits per heavy atom. The molecule has 0 amide bonds. The van der Waals surface area contributed by atoms with Gasteiger partial charge in [0.25, 0.3) is 0 Å². The second-order valence-electron chi connectivity index (χ2n) is 10.3. The van der Waals surface area contributed by atoms with Gasteiger partial charge in [0.15, 0.2) is 11.5 Å². The summed E-state index contributed by atoms with van der Waals surface area (Å²) in [5.41, 5.74) is 1.31. The van der Waals surface area contributed by atoms with Gasteiger partial charge in [0.1, 0.15) is 5.75 Å². The molecule has 0 saturated carbocycles. The van der Waals surface area contributed by atoms with Gasteiger partial charge in [0, 0.05) is 0 Å². The fraction of sp³-hybridized carbons (Fsp3) is 0.636. The van der Waals surface area contributed by atoms with E-state index in [-0.39, 0.29) is 5.75 Å². The Hall–Kier alpha value is -1.96. The molecule has 2 aromatic rings. The van der Waals surface area contributed by atoms with Crippen LogP contribution in [0.15, 0.2) is 48.5 Å². The summed E-state index contributed by atoms with van der Waals surface area (Å²) in [6.07, 6.45) is 24.2. The number of phenolic OH excluding ortho intramolecular Hbond substituents is 1. The molecule has 2 aromatic carbocycles. The van der Waals surface area contributed by atoms with E-state index in [9.17, 15) is 5.11 Å². The summed E-state index contributed by atoms with van der Waals surface area (Å²) in [4.78, 5) is 0. The van der Waals surface area contributed by atoms with E-state index in [0.29, 0.717) is 11.7 Å². The molecule has 0 aliphatic rings. The standard InChI is InChI=1S/C33H52O2/c1-3-5-7-9-11-12-14-16-18-24-29(23-17-15-13-10-8-6-4-2)30-25-19-21-27-32(30)35-33-28-22-20-26-31(33)34/h19-22,25-29,34H,3-18,23-24H2,1-2H3. The van der Waals surface area contributed by atoms with Gasteiger partial charge in [0.05, 0.1) is 0 Å². The number of rotatable bonds is 21. The van der Waals surface area contributed by atoms with Crippen LogP contribution >= 0.6 is 0 Å². The molecular weight excluding hydrogens is 428 g/mol. The molecule has 0 heterocycles. The second kappa shape index (κ2) is 19.3. The normalized spacial score (nSPS) is 12.1. The summed E-state index contributed by atoms with van der Waals surface area (Å²) in [5, 5.41) is 10.2. The van der Waals surface area contributed by atoms with Crippen LogP contribution < -0.4 is 4.74 Å². The van der Waals surface area contributed by atoms with Crippen molar-refractivity contribution in [1.29, 1.82) is 0 Å². The highest BCUT2D eigenvalue weighted by atomic mass is 16.5. The molecule has 0 bridgehead atoms. The molecule has 0 saturated heterocycles. The van der Waals surface area contributed by atoms with Crippen LogP contribution in [-0.2, 0) is 0 Å². The van der Waals surface area contributed by atoms with Crippen molar-refractivity contribution >= 4 is 0 Å². The zero-order valence-corrected chi connectivity index (χ0v) is 22.8. The van der Waals surface area contributed by atoms with Gasteiger partial charge < -0.3 is 9.84 Å². The summed E-state index contributed by atoms with van der Waals surface area (Å²) in [5.74, 6) is 2.16. The quantitative estimate of drug-likeness (QED) is 0.180. The van der Waals surface area contributed by atoms with Crippen LogP contribution in [0.25, 0.3) is 0 Å². The highest BCUT2D eigenvalue weighted by Gasteiger charge is 2.17. The summed E-state index contributed by atoms with van der Waals surface area (Å²) < 4.78 is 6.23. The Morgan fingerprint density at radius 3 is 1.49 bits per heavy atom. The number of unbranched alkanes of at least 4 members (excludes halogenated alkanes) is 14. The zero-order chi connectivity index (χ0) is 25.0. The molecule has 0 fully saturated rings. The molecule has 0 radical (unpaired) electrons. The van der Waals surface area contributed by atoms with Crippen molar-refractivity contribution in [3.8, 4) is 17.2 Å². The van der Waals surface area contributed by atoms with E-state index in [4.69, 9.17) is 4.74 Å². The number of hydrogen-bond donors (Lipinski definition) is 1. The lowest BCUT2D eigenvalue weighted by molar-refractivity contribution is 0.402. The lowest BCUT2D eigenvalue weighted by Gasteiger charge is -2.21. The van der Waals surface area contributed by atoms with E-state index in [1.807, 2.05) is 24.3 Å². The highest BCUT2D eigenvalue weighted by Crippen LogP contribution is 2.38. The Kier molecular flexibility index (Phi) is 16.1. The first-order valence-electron chi connectivity index (χ1n) is 14.8. The number of aromatic hydroxyl groups is 1. The lowest BCUT2D eigenvalue weighted by atomic mass is 9.87. The first kappa shape index (κ1) is 29.3. The first-order chi connectivity index (χ1) is 17.3. The van der Waals surface area contributed by atoms with E-state index >= 15 is 0 Å². The number of para-hydroxylation sites is 3. The maximum Gasteiger partial charge on any atom is 0.169 e. The maximum absolute atomic E-state index is 10.2. The van der Waals surface area contributed by atoms with Gasteiger partial charge >= 0.3 is 0 Å². The third-order valence-electron chi connectivity index (χ3n) is 7.26. The predicted octanol–water partition coefficient (Wildman–Crippen LogP) is 11.3. The van der Waals surface area contributed by atoms with E-state index in [1.165, 1.54) is 121 Å². The van der Waals surface area contributed by atoms with Crippen molar-refractivity contribution in [2.45, 2.75) is 135 Å². The fourth-order valence-electron chi connectivity index (χ4n) is 5.08. The van der Waals surface area contributed by atoms with E-state index < -0.39 is 0 Å². The van der Waals surface area contributed by atoms with Crippen molar-refractivity contribution in [3.05, 3.63) is 54.1 Å². The maximum atomic E-state index is 10.2.